The van der Waals surface area contributed by atoms with Crippen molar-refractivity contribution in [1.82, 2.24) is 4.90 Å². The Morgan fingerprint density at radius 2 is 2.00 bits per heavy atom. The summed E-state index contributed by atoms with van der Waals surface area (Å²) in [6.45, 7) is 2.71. The largest absolute Gasteiger partial charge is 0.478 e. The van der Waals surface area contributed by atoms with Gasteiger partial charge in [-0.05, 0) is 43.4 Å². The number of nitrogens with zero attached hydrogens (tertiary/aromatic N) is 1. The minimum absolute atomic E-state index is 0.172. The van der Waals surface area contributed by atoms with Crippen molar-refractivity contribution in [3.63, 3.8) is 0 Å². The van der Waals surface area contributed by atoms with Crippen LogP contribution in [0.5, 0.6) is 5.75 Å². The van der Waals surface area contributed by atoms with E-state index in [1.165, 1.54) is 5.56 Å². The Bertz CT molecular complexity index is 796. The number of benzene rings is 1. The molecule has 2 aromatic rings. The lowest BCUT2D eigenvalue weighted by atomic mass is 9.90. The van der Waals surface area contributed by atoms with Crippen LogP contribution in [-0.4, -0.2) is 31.9 Å². The summed E-state index contributed by atoms with van der Waals surface area (Å²) >= 11 is 0. The van der Waals surface area contributed by atoms with Crippen LogP contribution in [0.25, 0.3) is 11.0 Å². The average Bonchev–Trinajstić information content (AvgIpc) is 2.60. The quantitative estimate of drug-likeness (QED) is 0.815. The van der Waals surface area contributed by atoms with Gasteiger partial charge in [0.2, 0.25) is 0 Å². The van der Waals surface area contributed by atoms with E-state index in [1.807, 2.05) is 12.1 Å². The van der Waals surface area contributed by atoms with E-state index >= 15 is 0 Å². The lowest BCUT2D eigenvalue weighted by Gasteiger charge is -2.29. The predicted molar refractivity (Wildman–Crippen MR) is 86.9 cm³/mol. The third-order valence-electron chi connectivity index (χ3n) is 4.85. The molecule has 4 rings (SSSR count). The molecule has 0 bridgehead atoms. The molecule has 0 atom stereocenters. The zero-order chi connectivity index (χ0) is 15.8. The molecule has 0 N–H and O–H groups in total. The van der Waals surface area contributed by atoms with Crippen molar-refractivity contribution in [1.29, 1.82) is 0 Å². The van der Waals surface area contributed by atoms with Gasteiger partial charge >= 0.3 is 5.63 Å². The molecule has 0 saturated carbocycles. The lowest BCUT2D eigenvalue weighted by molar-refractivity contribution is 0.0658. The van der Waals surface area contributed by atoms with Crippen molar-refractivity contribution >= 4 is 11.0 Å². The van der Waals surface area contributed by atoms with Gasteiger partial charge in [0.1, 0.15) is 18.1 Å². The molecule has 5 heteroatoms. The van der Waals surface area contributed by atoms with Gasteiger partial charge in [-0.2, -0.15) is 0 Å². The first-order valence-corrected chi connectivity index (χ1v) is 8.22. The van der Waals surface area contributed by atoms with Gasteiger partial charge in [-0.1, -0.05) is 0 Å². The Balaban J connectivity index is 1.83. The normalized spacial score (nSPS) is 17.6. The molecule has 0 fully saturated rings. The Morgan fingerprint density at radius 3 is 2.83 bits per heavy atom. The first kappa shape index (κ1) is 14.7. The maximum atomic E-state index is 12.4. The van der Waals surface area contributed by atoms with E-state index in [1.54, 1.807) is 7.11 Å². The topological polar surface area (TPSA) is 51.9 Å². The first-order valence-electron chi connectivity index (χ1n) is 8.22. The molecule has 1 aromatic carbocycles. The van der Waals surface area contributed by atoms with Gasteiger partial charge in [0.15, 0.2) is 0 Å². The Labute approximate surface area is 134 Å². The van der Waals surface area contributed by atoms with E-state index < -0.39 is 0 Å². The fraction of sp³-hybridized carbons (Fsp3) is 0.500. The number of aryl methyl sites for hydroxylation is 1. The van der Waals surface area contributed by atoms with Crippen LogP contribution in [0.1, 0.15) is 29.5 Å². The summed E-state index contributed by atoms with van der Waals surface area (Å²) in [5, 5.41) is 1.08. The van der Waals surface area contributed by atoms with Gasteiger partial charge < -0.3 is 13.9 Å². The van der Waals surface area contributed by atoms with Crippen LogP contribution in [-0.2, 0) is 24.1 Å². The molecule has 0 saturated heterocycles. The number of methoxy groups -OCH3 is 1. The molecule has 0 radical (unpaired) electrons. The van der Waals surface area contributed by atoms with Crippen LogP contribution in [0.15, 0.2) is 21.3 Å². The molecular weight excluding hydrogens is 294 g/mol. The molecule has 1 aliphatic heterocycles. The van der Waals surface area contributed by atoms with Crippen molar-refractivity contribution < 1.29 is 13.9 Å². The Morgan fingerprint density at radius 1 is 1.17 bits per heavy atom. The van der Waals surface area contributed by atoms with Gasteiger partial charge in [-0.15, -0.1) is 0 Å². The molecule has 0 spiro atoms. The SMILES string of the molecule is COCCN1COc2ccc3c4c(c(=O)oc3c2C1)CCCC4. The average molecular weight is 315 g/mol. The van der Waals surface area contributed by atoms with Crippen molar-refractivity contribution in [2.45, 2.75) is 32.2 Å². The second-order valence-corrected chi connectivity index (χ2v) is 6.29. The first-order chi connectivity index (χ1) is 11.3. The van der Waals surface area contributed by atoms with Gasteiger partial charge in [-0.3, -0.25) is 4.90 Å². The molecule has 1 aromatic heterocycles. The lowest BCUT2D eigenvalue weighted by Crippen LogP contribution is -2.34. The third-order valence-corrected chi connectivity index (χ3v) is 4.85. The molecule has 2 heterocycles. The molecule has 0 unspecified atom stereocenters. The summed E-state index contributed by atoms with van der Waals surface area (Å²) in [5.74, 6) is 0.824. The minimum atomic E-state index is -0.172. The van der Waals surface area contributed by atoms with Crippen LogP contribution in [0.2, 0.25) is 0 Å². The second kappa shape index (κ2) is 5.98. The van der Waals surface area contributed by atoms with E-state index in [4.69, 9.17) is 13.9 Å². The zero-order valence-corrected chi connectivity index (χ0v) is 13.4. The number of rotatable bonds is 3. The van der Waals surface area contributed by atoms with E-state index in [0.717, 1.165) is 61.0 Å². The van der Waals surface area contributed by atoms with Gasteiger partial charge in [0.05, 0.1) is 12.2 Å². The molecular formula is C18H21NO4. The molecule has 23 heavy (non-hydrogen) atoms. The Kier molecular flexibility index (Phi) is 3.83. The fourth-order valence-electron chi connectivity index (χ4n) is 3.63. The summed E-state index contributed by atoms with van der Waals surface area (Å²) in [7, 11) is 1.69. The predicted octanol–water partition coefficient (Wildman–Crippen LogP) is 2.47. The summed E-state index contributed by atoms with van der Waals surface area (Å²) in [5.41, 5.74) is 3.57. The molecule has 122 valence electrons. The second-order valence-electron chi connectivity index (χ2n) is 6.29. The van der Waals surface area contributed by atoms with Gasteiger partial charge in [0, 0.05) is 31.1 Å². The molecule has 1 aliphatic carbocycles. The summed E-state index contributed by atoms with van der Waals surface area (Å²) in [4.78, 5) is 14.5. The van der Waals surface area contributed by atoms with Gasteiger partial charge in [0.25, 0.3) is 0 Å². The van der Waals surface area contributed by atoms with Crippen molar-refractivity contribution in [3.05, 3.63) is 39.2 Å². The van der Waals surface area contributed by atoms with Crippen LogP contribution >= 0.6 is 0 Å². The number of hydrogen-bond acceptors (Lipinski definition) is 5. The summed E-state index contributed by atoms with van der Waals surface area (Å²) in [6.07, 6.45) is 4.01. The van der Waals surface area contributed by atoms with Crippen LogP contribution in [0.4, 0.5) is 0 Å². The highest BCUT2D eigenvalue weighted by molar-refractivity contribution is 5.86. The molecule has 2 aliphatic rings. The maximum Gasteiger partial charge on any atom is 0.339 e. The standard InChI is InChI=1S/C18H21NO4/c1-21-9-8-19-10-15-16(22-11-19)7-6-13-12-4-2-3-5-14(12)18(20)23-17(13)15/h6-7H,2-5,8-11H2,1H3. The monoisotopic (exact) mass is 315 g/mol. The van der Waals surface area contributed by atoms with Crippen LogP contribution < -0.4 is 10.4 Å². The zero-order valence-electron chi connectivity index (χ0n) is 13.4. The highest BCUT2D eigenvalue weighted by atomic mass is 16.5. The maximum absolute atomic E-state index is 12.4. The summed E-state index contributed by atoms with van der Waals surface area (Å²) in [6, 6.07) is 4.06. The van der Waals surface area contributed by atoms with Crippen LogP contribution in [0, 0.1) is 0 Å². The van der Waals surface area contributed by atoms with E-state index in [9.17, 15) is 4.79 Å². The highest BCUT2D eigenvalue weighted by Gasteiger charge is 2.24. The fourth-order valence-corrected chi connectivity index (χ4v) is 3.63. The smallest absolute Gasteiger partial charge is 0.339 e. The van der Waals surface area contributed by atoms with Crippen LogP contribution in [0.3, 0.4) is 0 Å². The minimum Gasteiger partial charge on any atom is -0.478 e. The van der Waals surface area contributed by atoms with Crippen molar-refractivity contribution in [2.24, 2.45) is 0 Å². The Hall–Kier alpha value is -1.85. The van der Waals surface area contributed by atoms with E-state index in [2.05, 4.69) is 4.90 Å². The highest BCUT2D eigenvalue weighted by Crippen LogP contribution is 2.35. The number of hydrogen-bond donors (Lipinski definition) is 0. The summed E-state index contributed by atoms with van der Waals surface area (Å²) < 4.78 is 16.7. The van der Waals surface area contributed by atoms with E-state index in [-0.39, 0.29) is 5.63 Å². The van der Waals surface area contributed by atoms with E-state index in [0.29, 0.717) is 18.9 Å². The number of fused-ring (bicyclic) bond motifs is 5. The van der Waals surface area contributed by atoms with Crippen molar-refractivity contribution in [2.75, 3.05) is 27.0 Å². The number of ether oxygens (including phenoxy) is 2. The van der Waals surface area contributed by atoms with Crippen molar-refractivity contribution in [3.8, 4) is 5.75 Å². The molecule has 0 amide bonds. The molecule has 5 nitrogen and oxygen atoms in total. The third kappa shape index (κ3) is 2.54. The van der Waals surface area contributed by atoms with Gasteiger partial charge in [-0.25, -0.2) is 4.79 Å².